The van der Waals surface area contributed by atoms with E-state index in [0.717, 1.165) is 49.0 Å². The highest BCUT2D eigenvalue weighted by molar-refractivity contribution is 7.99. The van der Waals surface area contributed by atoms with Crippen LogP contribution in [0.3, 0.4) is 0 Å². The number of thioether (sulfide) groups is 1. The van der Waals surface area contributed by atoms with Crippen LogP contribution in [0.2, 0.25) is 5.02 Å². The highest BCUT2D eigenvalue weighted by atomic mass is 35.5. The normalized spacial score (nSPS) is 13.7. The van der Waals surface area contributed by atoms with Crippen molar-refractivity contribution in [3.63, 3.8) is 0 Å². The fourth-order valence-electron chi connectivity index (χ4n) is 3.81. The molecule has 1 aliphatic rings. The molecule has 0 radical (unpaired) electrons. The number of carbonyl (C=O) groups is 1. The molecule has 4 aromatic rings. The lowest BCUT2D eigenvalue weighted by atomic mass is 10.2. The highest BCUT2D eigenvalue weighted by Crippen LogP contribution is 2.27. The number of anilines is 2. The monoisotopic (exact) mass is 509 g/mol. The average Bonchev–Trinajstić information content (AvgIpc) is 3.55. The first-order valence-electron chi connectivity index (χ1n) is 11.2. The average molecular weight is 510 g/mol. The lowest BCUT2D eigenvalue weighted by Crippen LogP contribution is -2.36. The number of morpholine rings is 1. The summed E-state index contributed by atoms with van der Waals surface area (Å²) in [4.78, 5) is 14.9. The van der Waals surface area contributed by atoms with Gasteiger partial charge in [-0.05, 0) is 60.7 Å². The van der Waals surface area contributed by atoms with Crippen LogP contribution in [0.5, 0.6) is 0 Å². The number of amides is 1. The van der Waals surface area contributed by atoms with Crippen molar-refractivity contribution in [1.82, 2.24) is 14.8 Å². The Morgan fingerprint density at radius 3 is 2.51 bits per heavy atom. The zero-order valence-electron chi connectivity index (χ0n) is 18.9. The van der Waals surface area contributed by atoms with Gasteiger partial charge in [0, 0.05) is 35.1 Å². The number of hydrogen-bond donors (Lipinski definition) is 1. The van der Waals surface area contributed by atoms with Crippen molar-refractivity contribution in [2.24, 2.45) is 0 Å². The van der Waals surface area contributed by atoms with Gasteiger partial charge in [0.25, 0.3) is 0 Å². The van der Waals surface area contributed by atoms with Crippen LogP contribution >= 0.6 is 23.4 Å². The molecule has 0 spiro atoms. The molecule has 35 heavy (non-hydrogen) atoms. The fraction of sp³-hybridized carbons (Fsp3) is 0.240. The Labute approximate surface area is 212 Å². The maximum absolute atomic E-state index is 12.7. The van der Waals surface area contributed by atoms with Crippen LogP contribution in [0.25, 0.3) is 11.4 Å². The van der Waals surface area contributed by atoms with E-state index in [4.69, 9.17) is 20.8 Å². The molecule has 5 rings (SSSR count). The van der Waals surface area contributed by atoms with Crippen molar-refractivity contribution in [3.05, 3.63) is 77.7 Å². The summed E-state index contributed by atoms with van der Waals surface area (Å²) in [7, 11) is 0. The van der Waals surface area contributed by atoms with Gasteiger partial charge in [0.05, 0.1) is 31.8 Å². The maximum atomic E-state index is 12.7. The largest absolute Gasteiger partial charge is 0.467 e. The van der Waals surface area contributed by atoms with Crippen molar-refractivity contribution >= 4 is 40.6 Å². The smallest absolute Gasteiger partial charge is 0.234 e. The van der Waals surface area contributed by atoms with Gasteiger partial charge in [-0.3, -0.25) is 9.36 Å². The third-order valence-electron chi connectivity index (χ3n) is 5.57. The summed E-state index contributed by atoms with van der Waals surface area (Å²) in [6.45, 7) is 3.67. The predicted molar refractivity (Wildman–Crippen MR) is 137 cm³/mol. The second-order valence-electron chi connectivity index (χ2n) is 7.96. The number of nitrogens with one attached hydrogen (secondary N) is 1. The van der Waals surface area contributed by atoms with Gasteiger partial charge in [-0.15, -0.1) is 10.2 Å². The Morgan fingerprint density at radius 2 is 1.80 bits per heavy atom. The van der Waals surface area contributed by atoms with Crippen LogP contribution in [0, 0.1) is 0 Å². The van der Waals surface area contributed by atoms with E-state index in [2.05, 4.69) is 20.4 Å². The third kappa shape index (κ3) is 5.87. The number of hydrogen-bond acceptors (Lipinski definition) is 7. The van der Waals surface area contributed by atoms with Crippen molar-refractivity contribution in [2.45, 2.75) is 11.7 Å². The molecule has 2 aromatic carbocycles. The van der Waals surface area contributed by atoms with E-state index >= 15 is 0 Å². The van der Waals surface area contributed by atoms with Crippen molar-refractivity contribution < 1.29 is 13.9 Å². The molecule has 0 saturated carbocycles. The van der Waals surface area contributed by atoms with E-state index in [1.165, 1.54) is 11.8 Å². The molecule has 0 aliphatic carbocycles. The van der Waals surface area contributed by atoms with E-state index in [1.807, 2.05) is 65.2 Å². The minimum atomic E-state index is -0.116. The molecule has 1 N–H and O–H groups in total. The molecule has 8 nitrogen and oxygen atoms in total. The van der Waals surface area contributed by atoms with Crippen LogP contribution in [-0.2, 0) is 16.1 Å². The van der Waals surface area contributed by atoms with Gasteiger partial charge in [0.1, 0.15) is 5.76 Å². The number of furan rings is 1. The van der Waals surface area contributed by atoms with Crippen LogP contribution in [0.15, 0.2) is 76.5 Å². The van der Waals surface area contributed by atoms with Crippen LogP contribution < -0.4 is 10.2 Å². The molecule has 0 bridgehead atoms. The third-order valence-corrected chi connectivity index (χ3v) is 6.79. The number of rotatable bonds is 8. The number of benzene rings is 2. The van der Waals surface area contributed by atoms with Gasteiger partial charge in [-0.1, -0.05) is 23.4 Å². The quantitative estimate of drug-likeness (QED) is 0.341. The predicted octanol–water partition coefficient (Wildman–Crippen LogP) is 4.81. The second kappa shape index (κ2) is 11.0. The molecule has 1 amide bonds. The van der Waals surface area contributed by atoms with E-state index in [1.54, 1.807) is 6.26 Å². The summed E-state index contributed by atoms with van der Waals surface area (Å²) >= 11 is 7.37. The molecule has 10 heteroatoms. The number of aromatic nitrogens is 3. The van der Waals surface area contributed by atoms with Gasteiger partial charge in [-0.25, -0.2) is 0 Å². The first-order valence-corrected chi connectivity index (χ1v) is 12.6. The molecule has 2 aromatic heterocycles. The SMILES string of the molecule is O=C(CSc1nnc(-c2ccc(Cl)cc2)n1Cc1ccco1)Nc1ccc(N2CCOCC2)cc1. The second-order valence-corrected chi connectivity index (χ2v) is 9.34. The van der Waals surface area contributed by atoms with Gasteiger partial charge < -0.3 is 19.4 Å². The summed E-state index contributed by atoms with van der Waals surface area (Å²) in [5.74, 6) is 1.53. The van der Waals surface area contributed by atoms with Gasteiger partial charge in [-0.2, -0.15) is 0 Å². The van der Waals surface area contributed by atoms with Crippen molar-refractivity contribution in [2.75, 3.05) is 42.3 Å². The Bertz CT molecular complexity index is 1250. The van der Waals surface area contributed by atoms with Crippen molar-refractivity contribution in [3.8, 4) is 11.4 Å². The minimum Gasteiger partial charge on any atom is -0.467 e. The standard InChI is InChI=1S/C25H24ClN5O3S/c26-19-5-3-18(4-6-19)24-28-29-25(31(24)16-22-2-1-13-34-22)35-17-23(32)27-20-7-9-21(10-8-20)30-11-14-33-15-12-30/h1-10,13H,11-12,14-17H2,(H,27,32). The first-order chi connectivity index (χ1) is 17.2. The molecule has 3 heterocycles. The molecular weight excluding hydrogens is 486 g/mol. The Balaban J connectivity index is 1.25. The maximum Gasteiger partial charge on any atom is 0.234 e. The summed E-state index contributed by atoms with van der Waals surface area (Å²) in [5.41, 5.74) is 2.76. The van der Waals surface area contributed by atoms with Gasteiger partial charge in [0.15, 0.2) is 11.0 Å². The zero-order chi connectivity index (χ0) is 24.0. The molecule has 0 unspecified atom stereocenters. The number of ether oxygens (including phenoxy) is 1. The molecule has 1 saturated heterocycles. The van der Waals surface area contributed by atoms with Crippen molar-refractivity contribution in [1.29, 1.82) is 0 Å². The molecule has 1 fully saturated rings. The summed E-state index contributed by atoms with van der Waals surface area (Å²) in [5, 5.41) is 13.0. The van der Waals surface area contributed by atoms with E-state index in [0.29, 0.717) is 22.5 Å². The highest BCUT2D eigenvalue weighted by Gasteiger charge is 2.17. The summed E-state index contributed by atoms with van der Waals surface area (Å²) in [6.07, 6.45) is 1.63. The topological polar surface area (TPSA) is 85.4 Å². The van der Waals surface area contributed by atoms with Crippen LogP contribution in [0.4, 0.5) is 11.4 Å². The molecular formula is C25H24ClN5O3S. The fourth-order valence-corrected chi connectivity index (χ4v) is 4.68. The van der Waals surface area contributed by atoms with Gasteiger partial charge in [0.2, 0.25) is 5.91 Å². The molecule has 0 atom stereocenters. The number of nitrogens with zero attached hydrogens (tertiary/aromatic N) is 4. The van der Waals surface area contributed by atoms with E-state index in [-0.39, 0.29) is 11.7 Å². The Kier molecular flexibility index (Phi) is 7.37. The number of halogens is 1. The minimum absolute atomic E-state index is 0.116. The first kappa shape index (κ1) is 23.5. The van der Waals surface area contributed by atoms with Gasteiger partial charge >= 0.3 is 0 Å². The lowest BCUT2D eigenvalue weighted by Gasteiger charge is -2.28. The molecule has 180 valence electrons. The Morgan fingerprint density at radius 1 is 1.03 bits per heavy atom. The van der Waals surface area contributed by atoms with Crippen LogP contribution in [-0.4, -0.2) is 52.7 Å². The molecule has 1 aliphatic heterocycles. The van der Waals surface area contributed by atoms with Crippen LogP contribution in [0.1, 0.15) is 5.76 Å². The number of carbonyl (C=O) groups excluding carboxylic acids is 1. The van der Waals surface area contributed by atoms with E-state index < -0.39 is 0 Å². The lowest BCUT2D eigenvalue weighted by molar-refractivity contribution is -0.113. The summed E-state index contributed by atoms with van der Waals surface area (Å²) < 4.78 is 12.9. The van der Waals surface area contributed by atoms with E-state index in [9.17, 15) is 4.79 Å². The zero-order valence-corrected chi connectivity index (χ0v) is 20.5. The Hall–Kier alpha value is -3.27. The summed E-state index contributed by atoms with van der Waals surface area (Å²) in [6, 6.07) is 19.0.